The molecule has 0 aliphatic heterocycles. The molecule has 4 heteroatoms. The van der Waals surface area contributed by atoms with E-state index in [9.17, 15) is 0 Å². The Kier molecular flexibility index (Phi) is 3.95. The maximum absolute atomic E-state index is 5.25. The number of imidazole rings is 1. The molecule has 9 aromatic rings. The largest absolute Gasteiger partial charge is 0.309 e. The highest BCUT2D eigenvalue weighted by molar-refractivity contribution is 6.30. The predicted molar refractivity (Wildman–Crippen MR) is 168 cm³/mol. The molecule has 4 heterocycles. The lowest BCUT2D eigenvalue weighted by atomic mass is 9.99. The second-order valence-corrected chi connectivity index (χ2v) is 11.0. The molecule has 0 N–H and O–H groups in total. The molecule has 1 aliphatic carbocycles. The molecular formula is C37H22N4. The molecular weight excluding hydrogens is 500 g/mol. The van der Waals surface area contributed by atoms with Crippen LogP contribution >= 0.6 is 0 Å². The van der Waals surface area contributed by atoms with Crippen LogP contribution in [0.25, 0.3) is 77.1 Å². The summed E-state index contributed by atoms with van der Waals surface area (Å²) < 4.78 is 4.72. The van der Waals surface area contributed by atoms with Gasteiger partial charge in [-0.05, 0) is 71.0 Å². The monoisotopic (exact) mass is 522 g/mol. The fraction of sp³-hybridized carbons (Fsp3) is 0.0270. The molecule has 10 rings (SSSR count). The average Bonchev–Trinajstić information content (AvgIpc) is 3.71. The van der Waals surface area contributed by atoms with E-state index in [-0.39, 0.29) is 0 Å². The number of pyridine rings is 2. The minimum Gasteiger partial charge on any atom is -0.309 e. The maximum Gasteiger partial charge on any atom is 0.148 e. The second kappa shape index (κ2) is 7.58. The van der Waals surface area contributed by atoms with Crippen LogP contribution in [0.15, 0.2) is 121 Å². The van der Waals surface area contributed by atoms with Crippen LogP contribution in [0.4, 0.5) is 0 Å². The molecule has 0 amide bonds. The predicted octanol–water partition coefficient (Wildman–Crippen LogP) is 8.86. The molecule has 4 aromatic heterocycles. The molecule has 0 atom stereocenters. The van der Waals surface area contributed by atoms with Crippen molar-refractivity contribution < 1.29 is 0 Å². The summed E-state index contributed by atoms with van der Waals surface area (Å²) in [7, 11) is 0. The van der Waals surface area contributed by atoms with Crippen molar-refractivity contribution in [2.45, 2.75) is 6.42 Å². The molecule has 0 fully saturated rings. The fourth-order valence-corrected chi connectivity index (χ4v) is 7.30. The number of nitrogens with zero attached hydrogens (tertiary/aromatic N) is 4. The first kappa shape index (κ1) is 21.4. The third-order valence-electron chi connectivity index (χ3n) is 8.94. The molecule has 0 unspecified atom stereocenters. The Hall–Kier alpha value is -5.48. The molecule has 5 aromatic carbocycles. The van der Waals surface area contributed by atoms with Gasteiger partial charge in [-0.25, -0.2) is 9.97 Å². The standard InChI is InChI=1S/C37H22N4/c1-2-10-24(11-3-1)40-31-19-18-26-27-13-8-20-38-36(27)41-30-15-7-6-14-29(30)39-37(41)34(26)33(31)28-17-16-23-21-22-9-4-5-12-25(22)32(23)35(28)40/h1-20H,21H2. The zero-order valence-electron chi connectivity index (χ0n) is 22.0. The highest BCUT2D eigenvalue weighted by Gasteiger charge is 2.27. The highest BCUT2D eigenvalue weighted by Crippen LogP contribution is 2.47. The van der Waals surface area contributed by atoms with Crippen molar-refractivity contribution in [3.8, 4) is 16.8 Å². The van der Waals surface area contributed by atoms with Crippen LogP contribution in [0.2, 0.25) is 0 Å². The van der Waals surface area contributed by atoms with E-state index in [2.05, 4.69) is 118 Å². The van der Waals surface area contributed by atoms with E-state index in [4.69, 9.17) is 9.97 Å². The number of fused-ring (bicyclic) bond motifs is 16. The normalized spacial score (nSPS) is 12.8. The van der Waals surface area contributed by atoms with E-state index in [0.29, 0.717) is 0 Å². The van der Waals surface area contributed by atoms with E-state index >= 15 is 0 Å². The van der Waals surface area contributed by atoms with Gasteiger partial charge in [0.25, 0.3) is 0 Å². The third kappa shape index (κ3) is 2.64. The van der Waals surface area contributed by atoms with Crippen LogP contribution in [0.1, 0.15) is 11.1 Å². The number of benzene rings is 5. The van der Waals surface area contributed by atoms with Crippen molar-refractivity contribution in [1.82, 2.24) is 18.9 Å². The lowest BCUT2D eigenvalue weighted by Gasteiger charge is -2.12. The lowest BCUT2D eigenvalue weighted by molar-refractivity contribution is 1.18. The Balaban J connectivity index is 1.52. The molecule has 41 heavy (non-hydrogen) atoms. The maximum atomic E-state index is 5.25. The first-order chi connectivity index (χ1) is 20.4. The van der Waals surface area contributed by atoms with Gasteiger partial charge in [-0.3, -0.25) is 4.40 Å². The molecule has 0 spiro atoms. The van der Waals surface area contributed by atoms with Gasteiger partial charge in [0.05, 0.1) is 22.1 Å². The summed E-state index contributed by atoms with van der Waals surface area (Å²) in [5.41, 5.74) is 13.0. The molecule has 4 nitrogen and oxygen atoms in total. The molecule has 190 valence electrons. The van der Waals surface area contributed by atoms with Gasteiger partial charge in [-0.1, -0.05) is 72.8 Å². The summed E-state index contributed by atoms with van der Waals surface area (Å²) in [6, 6.07) is 41.5. The van der Waals surface area contributed by atoms with Crippen molar-refractivity contribution in [2.75, 3.05) is 0 Å². The van der Waals surface area contributed by atoms with Crippen LogP contribution in [-0.2, 0) is 6.42 Å². The van der Waals surface area contributed by atoms with E-state index in [1.54, 1.807) is 0 Å². The van der Waals surface area contributed by atoms with Gasteiger partial charge in [0.2, 0.25) is 0 Å². The Bertz CT molecular complexity index is 2550. The summed E-state index contributed by atoms with van der Waals surface area (Å²) in [6.07, 6.45) is 2.84. The van der Waals surface area contributed by atoms with Gasteiger partial charge >= 0.3 is 0 Å². The van der Waals surface area contributed by atoms with Gasteiger partial charge in [-0.15, -0.1) is 0 Å². The van der Waals surface area contributed by atoms with Gasteiger partial charge in [0.1, 0.15) is 11.3 Å². The third-order valence-corrected chi connectivity index (χ3v) is 8.94. The Labute approximate surface area is 234 Å². The summed E-state index contributed by atoms with van der Waals surface area (Å²) in [6.45, 7) is 0. The fourth-order valence-electron chi connectivity index (χ4n) is 7.30. The minimum absolute atomic E-state index is 0.935. The summed E-state index contributed by atoms with van der Waals surface area (Å²) in [5, 5.41) is 5.97. The van der Waals surface area contributed by atoms with Gasteiger partial charge < -0.3 is 4.57 Å². The van der Waals surface area contributed by atoms with E-state index in [1.165, 1.54) is 54.8 Å². The highest BCUT2D eigenvalue weighted by atomic mass is 15.1. The van der Waals surface area contributed by atoms with Crippen molar-refractivity contribution >= 4 is 60.3 Å². The number of rotatable bonds is 1. The lowest BCUT2D eigenvalue weighted by Crippen LogP contribution is -1.96. The van der Waals surface area contributed by atoms with Crippen molar-refractivity contribution in [3.05, 3.63) is 133 Å². The number of hydrogen-bond donors (Lipinski definition) is 0. The van der Waals surface area contributed by atoms with E-state index in [1.807, 2.05) is 12.3 Å². The Morgan fingerprint density at radius 2 is 1.39 bits per heavy atom. The molecule has 0 saturated carbocycles. The Morgan fingerprint density at radius 1 is 0.561 bits per heavy atom. The minimum atomic E-state index is 0.935. The van der Waals surface area contributed by atoms with Gasteiger partial charge in [0, 0.05) is 39.0 Å². The second-order valence-electron chi connectivity index (χ2n) is 11.0. The van der Waals surface area contributed by atoms with Gasteiger partial charge in [-0.2, -0.15) is 0 Å². The average molecular weight is 523 g/mol. The Morgan fingerprint density at radius 3 is 2.34 bits per heavy atom. The van der Waals surface area contributed by atoms with Gasteiger partial charge in [0.15, 0.2) is 0 Å². The molecule has 0 radical (unpaired) electrons. The van der Waals surface area contributed by atoms with Crippen LogP contribution in [0.5, 0.6) is 0 Å². The SMILES string of the molecule is c1ccc(-n2c3ccc4c5cccnc5n5c6ccccc6nc5c4c3c3ccc4c(c32)-c2ccccc2C4)cc1. The summed E-state index contributed by atoms with van der Waals surface area (Å²) >= 11 is 0. The van der Waals surface area contributed by atoms with Crippen molar-refractivity contribution in [1.29, 1.82) is 0 Å². The summed E-state index contributed by atoms with van der Waals surface area (Å²) in [4.78, 5) is 10.1. The number of para-hydroxylation sites is 3. The number of hydrogen-bond acceptors (Lipinski definition) is 2. The first-order valence-electron chi connectivity index (χ1n) is 14.1. The zero-order valence-corrected chi connectivity index (χ0v) is 22.0. The first-order valence-corrected chi connectivity index (χ1v) is 14.1. The smallest absolute Gasteiger partial charge is 0.148 e. The van der Waals surface area contributed by atoms with Crippen molar-refractivity contribution in [3.63, 3.8) is 0 Å². The van der Waals surface area contributed by atoms with Crippen LogP contribution in [-0.4, -0.2) is 18.9 Å². The molecule has 0 saturated heterocycles. The van der Waals surface area contributed by atoms with Crippen LogP contribution in [0, 0.1) is 0 Å². The molecule has 0 bridgehead atoms. The number of aromatic nitrogens is 4. The topological polar surface area (TPSA) is 35.1 Å². The van der Waals surface area contributed by atoms with Crippen LogP contribution in [0.3, 0.4) is 0 Å². The van der Waals surface area contributed by atoms with Crippen molar-refractivity contribution in [2.24, 2.45) is 0 Å². The zero-order chi connectivity index (χ0) is 26.7. The van der Waals surface area contributed by atoms with E-state index < -0.39 is 0 Å². The summed E-state index contributed by atoms with van der Waals surface area (Å²) in [5.74, 6) is 0. The molecule has 1 aliphatic rings. The quantitative estimate of drug-likeness (QED) is 0.202. The van der Waals surface area contributed by atoms with Crippen LogP contribution < -0.4 is 0 Å². The van der Waals surface area contributed by atoms with E-state index in [0.717, 1.165) is 39.8 Å².